The van der Waals surface area contributed by atoms with Gasteiger partial charge in [-0.1, -0.05) is 0 Å². The van der Waals surface area contributed by atoms with E-state index in [1.807, 2.05) is 13.8 Å². The van der Waals surface area contributed by atoms with Gasteiger partial charge in [0.15, 0.2) is 0 Å². The zero-order chi connectivity index (χ0) is 10.8. The number of morpholine rings is 1. The van der Waals surface area contributed by atoms with Gasteiger partial charge in [-0.05, 0) is 19.8 Å². The summed E-state index contributed by atoms with van der Waals surface area (Å²) >= 11 is 0. The maximum atomic E-state index is 11.3. The zero-order valence-electron chi connectivity index (χ0n) is 8.49. The molecule has 1 rings (SSSR count). The van der Waals surface area contributed by atoms with Crippen LogP contribution in [0, 0.1) is 12.3 Å². The van der Waals surface area contributed by atoms with Crippen molar-refractivity contribution in [3.8, 4) is 12.3 Å². The van der Waals surface area contributed by atoms with Gasteiger partial charge in [-0.3, -0.25) is 4.79 Å². The Balaban J connectivity index is 2.71. The highest BCUT2D eigenvalue weighted by Crippen LogP contribution is 2.20. The third kappa shape index (κ3) is 2.47. The number of carbonyl (C=O) groups is 1. The summed E-state index contributed by atoms with van der Waals surface area (Å²) in [5, 5.41) is 8.98. The van der Waals surface area contributed by atoms with Crippen LogP contribution in [0.1, 0.15) is 13.8 Å². The van der Waals surface area contributed by atoms with Crippen molar-refractivity contribution in [2.24, 2.45) is 0 Å². The van der Waals surface area contributed by atoms with Crippen molar-refractivity contribution in [1.82, 2.24) is 4.90 Å². The summed E-state index contributed by atoms with van der Waals surface area (Å²) in [5.41, 5.74) is -0.446. The average molecular weight is 197 g/mol. The van der Waals surface area contributed by atoms with Crippen LogP contribution in [-0.2, 0) is 9.53 Å². The van der Waals surface area contributed by atoms with Crippen LogP contribution in [-0.4, -0.2) is 47.3 Å². The normalized spacial score (nSPS) is 25.6. The minimum atomic E-state index is -0.446. The molecule has 0 radical (unpaired) electrons. The van der Waals surface area contributed by atoms with E-state index >= 15 is 0 Å². The summed E-state index contributed by atoms with van der Waals surface area (Å²) in [5.74, 6) is 1.72. The molecule has 1 amide bonds. The second-order valence-electron chi connectivity index (χ2n) is 4.01. The van der Waals surface area contributed by atoms with E-state index in [2.05, 4.69) is 5.92 Å². The molecule has 1 saturated heterocycles. The quantitative estimate of drug-likeness (QED) is 0.583. The zero-order valence-corrected chi connectivity index (χ0v) is 8.49. The van der Waals surface area contributed by atoms with Crippen molar-refractivity contribution >= 4 is 5.91 Å². The molecule has 4 nitrogen and oxygen atoms in total. The molecule has 0 bridgehead atoms. The Morgan fingerprint density at radius 1 is 1.79 bits per heavy atom. The molecule has 0 spiro atoms. The van der Waals surface area contributed by atoms with E-state index in [1.54, 1.807) is 0 Å². The Morgan fingerprint density at radius 3 is 2.93 bits per heavy atom. The lowest BCUT2D eigenvalue weighted by Gasteiger charge is -2.41. The van der Waals surface area contributed by atoms with E-state index < -0.39 is 5.60 Å². The Morgan fingerprint density at radius 2 is 2.43 bits per heavy atom. The van der Waals surface area contributed by atoms with E-state index in [4.69, 9.17) is 16.3 Å². The minimum absolute atomic E-state index is 0.0994. The van der Waals surface area contributed by atoms with E-state index in [0.29, 0.717) is 13.1 Å². The van der Waals surface area contributed by atoms with Crippen molar-refractivity contribution in [2.45, 2.75) is 25.6 Å². The molecule has 0 aliphatic carbocycles. The molecule has 1 aliphatic heterocycles. The number of ether oxygens (including phenoxy) is 1. The molecule has 1 unspecified atom stereocenters. The van der Waals surface area contributed by atoms with Gasteiger partial charge in [-0.15, -0.1) is 6.42 Å². The van der Waals surface area contributed by atoms with Crippen LogP contribution >= 0.6 is 0 Å². The lowest BCUT2D eigenvalue weighted by molar-refractivity contribution is -0.162. The number of hydrogen-bond acceptors (Lipinski definition) is 3. The molecule has 4 heteroatoms. The first kappa shape index (κ1) is 11.0. The van der Waals surface area contributed by atoms with Crippen LogP contribution in [0.25, 0.3) is 0 Å². The fourth-order valence-electron chi connectivity index (χ4n) is 1.64. The standard InChI is InChI=1S/C10H15NO3/c1-4-9(13)11-5-8(6-12)14-10(2,3)7-11/h1,8,12H,5-7H2,2-3H3. The Hall–Kier alpha value is -1.05. The molecule has 0 aromatic carbocycles. The molecule has 0 saturated carbocycles. The number of hydrogen-bond donors (Lipinski definition) is 1. The van der Waals surface area contributed by atoms with Crippen molar-refractivity contribution in [2.75, 3.05) is 19.7 Å². The maximum Gasteiger partial charge on any atom is 0.298 e. The Bertz CT molecular complexity index is 267. The van der Waals surface area contributed by atoms with Crippen molar-refractivity contribution in [3.05, 3.63) is 0 Å². The predicted octanol–water partition coefficient (Wildman–Crippen LogP) is -0.382. The van der Waals surface area contributed by atoms with E-state index in [0.717, 1.165) is 0 Å². The van der Waals surface area contributed by atoms with Crippen molar-refractivity contribution in [1.29, 1.82) is 0 Å². The van der Waals surface area contributed by atoms with Gasteiger partial charge in [0.05, 0.1) is 31.4 Å². The fraction of sp³-hybridized carbons (Fsp3) is 0.700. The first-order valence-corrected chi connectivity index (χ1v) is 4.52. The van der Waals surface area contributed by atoms with Crippen LogP contribution in [0.15, 0.2) is 0 Å². The minimum Gasteiger partial charge on any atom is -0.394 e. The number of aliphatic hydroxyl groups is 1. The molecular formula is C10H15NO3. The van der Waals surface area contributed by atoms with Gasteiger partial charge in [0.2, 0.25) is 0 Å². The summed E-state index contributed by atoms with van der Waals surface area (Å²) in [4.78, 5) is 12.8. The van der Waals surface area contributed by atoms with Crippen LogP contribution < -0.4 is 0 Å². The SMILES string of the molecule is C#CC(=O)N1CC(CO)OC(C)(C)C1. The average Bonchev–Trinajstić information content (AvgIpc) is 2.14. The highest BCUT2D eigenvalue weighted by atomic mass is 16.5. The van der Waals surface area contributed by atoms with E-state index in [9.17, 15) is 4.79 Å². The second kappa shape index (κ2) is 3.99. The lowest BCUT2D eigenvalue weighted by Crippen LogP contribution is -2.55. The van der Waals surface area contributed by atoms with E-state index in [-0.39, 0.29) is 18.6 Å². The third-order valence-electron chi connectivity index (χ3n) is 2.10. The van der Waals surface area contributed by atoms with Crippen LogP contribution in [0.4, 0.5) is 0 Å². The monoisotopic (exact) mass is 197 g/mol. The third-order valence-corrected chi connectivity index (χ3v) is 2.10. The number of terminal acetylenes is 1. The largest absolute Gasteiger partial charge is 0.394 e. The Kier molecular flexibility index (Phi) is 3.14. The number of amides is 1. The van der Waals surface area contributed by atoms with Gasteiger partial charge in [0.1, 0.15) is 0 Å². The molecule has 0 aromatic heterocycles. The van der Waals surface area contributed by atoms with Crippen molar-refractivity contribution < 1.29 is 14.6 Å². The summed E-state index contributed by atoms with van der Waals surface area (Å²) < 4.78 is 5.54. The number of nitrogens with zero attached hydrogens (tertiary/aromatic N) is 1. The van der Waals surface area contributed by atoms with Gasteiger partial charge in [-0.2, -0.15) is 0 Å². The molecule has 1 heterocycles. The first-order chi connectivity index (χ1) is 6.48. The molecule has 1 aliphatic rings. The molecule has 1 fully saturated rings. The van der Waals surface area contributed by atoms with Gasteiger partial charge in [0.25, 0.3) is 5.91 Å². The smallest absolute Gasteiger partial charge is 0.298 e. The number of rotatable bonds is 1. The second-order valence-corrected chi connectivity index (χ2v) is 4.01. The van der Waals surface area contributed by atoms with Crippen LogP contribution in [0.2, 0.25) is 0 Å². The van der Waals surface area contributed by atoms with Gasteiger partial charge < -0.3 is 14.7 Å². The summed E-state index contributed by atoms with van der Waals surface area (Å²) in [7, 11) is 0. The summed E-state index contributed by atoms with van der Waals surface area (Å²) in [6.45, 7) is 4.46. The topological polar surface area (TPSA) is 49.8 Å². The van der Waals surface area contributed by atoms with Gasteiger partial charge >= 0.3 is 0 Å². The molecular weight excluding hydrogens is 182 g/mol. The first-order valence-electron chi connectivity index (χ1n) is 4.52. The molecule has 1 atom stereocenters. The van der Waals surface area contributed by atoms with Crippen molar-refractivity contribution in [3.63, 3.8) is 0 Å². The molecule has 1 N–H and O–H groups in total. The highest BCUT2D eigenvalue weighted by molar-refractivity contribution is 5.93. The van der Waals surface area contributed by atoms with Gasteiger partial charge in [-0.25, -0.2) is 0 Å². The summed E-state index contributed by atoms with van der Waals surface area (Å²) in [6.07, 6.45) is 4.70. The molecule has 78 valence electrons. The van der Waals surface area contributed by atoms with Crippen LogP contribution in [0.3, 0.4) is 0 Å². The number of carbonyl (C=O) groups excluding carboxylic acids is 1. The predicted molar refractivity (Wildman–Crippen MR) is 51.5 cm³/mol. The lowest BCUT2D eigenvalue weighted by atomic mass is 10.1. The highest BCUT2D eigenvalue weighted by Gasteiger charge is 2.34. The fourth-order valence-corrected chi connectivity index (χ4v) is 1.64. The maximum absolute atomic E-state index is 11.3. The number of aliphatic hydroxyl groups excluding tert-OH is 1. The summed E-state index contributed by atoms with van der Waals surface area (Å²) in [6, 6.07) is 0. The van der Waals surface area contributed by atoms with Gasteiger partial charge in [0, 0.05) is 0 Å². The van der Waals surface area contributed by atoms with Crippen LogP contribution in [0.5, 0.6) is 0 Å². The van der Waals surface area contributed by atoms with E-state index in [1.165, 1.54) is 4.90 Å². The molecule has 0 aromatic rings. The Labute approximate surface area is 83.8 Å². The molecule has 14 heavy (non-hydrogen) atoms.